The van der Waals surface area contributed by atoms with Gasteiger partial charge < -0.3 is 19.3 Å². The first kappa shape index (κ1) is 18.7. The number of rotatable bonds is 3. The Labute approximate surface area is 165 Å². The van der Waals surface area contributed by atoms with Gasteiger partial charge in [0.1, 0.15) is 5.75 Å². The Morgan fingerprint density at radius 2 is 2.14 bits per heavy atom. The van der Waals surface area contributed by atoms with E-state index in [1.165, 1.54) is 0 Å². The molecular weight excluding hydrogens is 356 g/mol. The van der Waals surface area contributed by atoms with Crippen molar-refractivity contribution in [3.05, 3.63) is 46.8 Å². The standard InChI is InChI=1S/C21H26N4O3/c1-14-17-11-28-13-21(18(17)23-20(22-14)24(2)3)8-9-25(12-21)19(26)15-6-5-7-16(10-15)27-4/h5-7,10H,8-9,11-13H2,1-4H3/t21-/m1/s1. The van der Waals surface area contributed by atoms with Crippen LogP contribution in [0.3, 0.4) is 0 Å². The van der Waals surface area contributed by atoms with Crippen LogP contribution in [0.15, 0.2) is 24.3 Å². The molecule has 7 nitrogen and oxygen atoms in total. The summed E-state index contributed by atoms with van der Waals surface area (Å²) in [5.74, 6) is 1.40. The average Bonchev–Trinajstić information content (AvgIpc) is 3.12. The lowest BCUT2D eigenvalue weighted by molar-refractivity contribution is 0.0480. The molecule has 1 atom stereocenters. The van der Waals surface area contributed by atoms with Gasteiger partial charge in [-0.25, -0.2) is 9.97 Å². The summed E-state index contributed by atoms with van der Waals surface area (Å²) < 4.78 is 11.2. The van der Waals surface area contributed by atoms with Crippen LogP contribution in [0.5, 0.6) is 5.75 Å². The van der Waals surface area contributed by atoms with Crippen LogP contribution in [-0.2, 0) is 16.8 Å². The van der Waals surface area contributed by atoms with Crippen molar-refractivity contribution in [1.82, 2.24) is 14.9 Å². The molecule has 1 spiro atoms. The third kappa shape index (κ3) is 3.09. The van der Waals surface area contributed by atoms with Gasteiger partial charge in [-0.15, -0.1) is 0 Å². The monoisotopic (exact) mass is 382 g/mol. The zero-order valence-electron chi connectivity index (χ0n) is 16.9. The van der Waals surface area contributed by atoms with Gasteiger partial charge in [0.05, 0.1) is 31.4 Å². The molecule has 0 aliphatic carbocycles. The molecule has 2 aliphatic heterocycles. The van der Waals surface area contributed by atoms with Crippen molar-refractivity contribution in [3.63, 3.8) is 0 Å². The molecular formula is C21H26N4O3. The number of methoxy groups -OCH3 is 1. The van der Waals surface area contributed by atoms with Crippen LogP contribution in [0, 0.1) is 6.92 Å². The number of anilines is 1. The smallest absolute Gasteiger partial charge is 0.254 e. The normalized spacial score (nSPS) is 20.9. The quantitative estimate of drug-likeness (QED) is 0.811. The van der Waals surface area contributed by atoms with Gasteiger partial charge in [0.25, 0.3) is 5.91 Å². The number of hydrogen-bond acceptors (Lipinski definition) is 6. The molecule has 4 rings (SSSR count). The van der Waals surface area contributed by atoms with Crippen LogP contribution in [0.1, 0.15) is 33.7 Å². The summed E-state index contributed by atoms with van der Waals surface area (Å²) in [6.07, 6.45) is 0.832. The largest absolute Gasteiger partial charge is 0.497 e. The number of aryl methyl sites for hydroxylation is 1. The minimum Gasteiger partial charge on any atom is -0.497 e. The fourth-order valence-corrected chi connectivity index (χ4v) is 4.11. The topological polar surface area (TPSA) is 67.8 Å². The third-order valence-electron chi connectivity index (χ3n) is 5.69. The number of aromatic nitrogens is 2. The summed E-state index contributed by atoms with van der Waals surface area (Å²) in [6, 6.07) is 7.31. The van der Waals surface area contributed by atoms with E-state index in [2.05, 4.69) is 4.98 Å². The van der Waals surface area contributed by atoms with Crippen molar-refractivity contribution in [3.8, 4) is 5.75 Å². The van der Waals surface area contributed by atoms with Crippen LogP contribution >= 0.6 is 0 Å². The van der Waals surface area contributed by atoms with Crippen LogP contribution in [0.2, 0.25) is 0 Å². The fourth-order valence-electron chi connectivity index (χ4n) is 4.11. The number of benzene rings is 1. The summed E-state index contributed by atoms with van der Waals surface area (Å²) in [6.45, 7) is 4.38. The Morgan fingerprint density at radius 3 is 2.89 bits per heavy atom. The number of likely N-dealkylation sites (tertiary alicyclic amines) is 1. The van der Waals surface area contributed by atoms with Crippen LogP contribution < -0.4 is 9.64 Å². The molecule has 7 heteroatoms. The van der Waals surface area contributed by atoms with E-state index in [1.54, 1.807) is 13.2 Å². The molecule has 0 N–H and O–H groups in total. The van der Waals surface area contributed by atoms with Gasteiger partial charge in [-0.3, -0.25) is 4.79 Å². The Bertz CT molecular complexity index is 915. The molecule has 148 valence electrons. The molecule has 1 aromatic heterocycles. The molecule has 3 heterocycles. The maximum Gasteiger partial charge on any atom is 0.254 e. The molecule has 1 aromatic carbocycles. The number of ether oxygens (including phenoxy) is 2. The minimum absolute atomic E-state index is 0.0153. The van der Waals surface area contributed by atoms with Crippen molar-refractivity contribution in [2.45, 2.75) is 25.4 Å². The van der Waals surface area contributed by atoms with Crippen LogP contribution in [0.4, 0.5) is 5.95 Å². The van der Waals surface area contributed by atoms with Crippen molar-refractivity contribution < 1.29 is 14.3 Å². The van der Waals surface area contributed by atoms with E-state index in [0.717, 1.165) is 23.4 Å². The molecule has 0 bridgehead atoms. The summed E-state index contributed by atoms with van der Waals surface area (Å²) >= 11 is 0. The fraction of sp³-hybridized carbons (Fsp3) is 0.476. The number of carbonyl (C=O) groups excluding carboxylic acids is 1. The molecule has 2 aliphatic rings. The number of hydrogen-bond donors (Lipinski definition) is 0. The highest BCUT2D eigenvalue weighted by atomic mass is 16.5. The molecule has 1 fully saturated rings. The summed E-state index contributed by atoms with van der Waals surface area (Å²) in [7, 11) is 5.50. The number of carbonyl (C=O) groups is 1. The highest BCUT2D eigenvalue weighted by Gasteiger charge is 2.47. The van der Waals surface area contributed by atoms with Gasteiger partial charge in [0.2, 0.25) is 5.95 Å². The number of amides is 1. The molecule has 28 heavy (non-hydrogen) atoms. The predicted octanol–water partition coefficient (Wildman–Crippen LogP) is 2.17. The lowest BCUT2D eigenvalue weighted by Crippen LogP contribution is -2.42. The maximum atomic E-state index is 13.1. The molecule has 0 radical (unpaired) electrons. The second-order valence-corrected chi connectivity index (χ2v) is 7.81. The van der Waals surface area contributed by atoms with E-state index in [9.17, 15) is 4.79 Å². The SMILES string of the molecule is COc1cccc(C(=O)N2CC[C@]3(COCc4c(C)nc(N(C)C)nc43)C2)c1. The Hall–Kier alpha value is -2.67. The van der Waals surface area contributed by atoms with Gasteiger partial charge in [-0.05, 0) is 31.5 Å². The minimum atomic E-state index is -0.277. The Balaban J connectivity index is 1.66. The lowest BCUT2D eigenvalue weighted by Gasteiger charge is -2.35. The first-order valence-corrected chi connectivity index (χ1v) is 9.50. The average molecular weight is 382 g/mol. The zero-order chi connectivity index (χ0) is 19.9. The summed E-state index contributed by atoms with van der Waals surface area (Å²) in [5.41, 5.74) is 3.41. The predicted molar refractivity (Wildman–Crippen MR) is 106 cm³/mol. The highest BCUT2D eigenvalue weighted by Crippen LogP contribution is 2.40. The van der Waals surface area contributed by atoms with Crippen LogP contribution in [-0.4, -0.2) is 61.7 Å². The Morgan fingerprint density at radius 1 is 1.32 bits per heavy atom. The van der Waals surface area contributed by atoms with Crippen molar-refractivity contribution in [1.29, 1.82) is 0 Å². The molecule has 1 amide bonds. The van der Waals surface area contributed by atoms with Gasteiger partial charge in [0, 0.05) is 44.0 Å². The van der Waals surface area contributed by atoms with Gasteiger partial charge in [-0.2, -0.15) is 0 Å². The van der Waals surface area contributed by atoms with E-state index in [0.29, 0.717) is 43.6 Å². The van der Waals surface area contributed by atoms with Crippen molar-refractivity contribution in [2.75, 3.05) is 45.8 Å². The van der Waals surface area contributed by atoms with Crippen molar-refractivity contribution in [2.24, 2.45) is 0 Å². The lowest BCUT2D eigenvalue weighted by atomic mass is 9.80. The first-order chi connectivity index (χ1) is 13.4. The molecule has 0 unspecified atom stereocenters. The third-order valence-corrected chi connectivity index (χ3v) is 5.69. The molecule has 1 saturated heterocycles. The maximum absolute atomic E-state index is 13.1. The Kier molecular flexibility index (Phi) is 4.71. The van der Waals surface area contributed by atoms with E-state index < -0.39 is 0 Å². The van der Waals surface area contributed by atoms with Gasteiger partial charge in [0.15, 0.2) is 0 Å². The summed E-state index contributed by atoms with van der Waals surface area (Å²) in [4.78, 5) is 26.4. The number of fused-ring (bicyclic) bond motifs is 2. The highest BCUT2D eigenvalue weighted by molar-refractivity contribution is 5.95. The van der Waals surface area contributed by atoms with Gasteiger partial charge >= 0.3 is 0 Å². The van der Waals surface area contributed by atoms with E-state index in [-0.39, 0.29) is 11.3 Å². The van der Waals surface area contributed by atoms with E-state index >= 15 is 0 Å². The van der Waals surface area contributed by atoms with Gasteiger partial charge in [-0.1, -0.05) is 6.07 Å². The van der Waals surface area contributed by atoms with E-state index in [1.807, 2.05) is 49.0 Å². The summed E-state index contributed by atoms with van der Waals surface area (Å²) in [5, 5.41) is 0. The zero-order valence-corrected chi connectivity index (χ0v) is 16.9. The molecule has 2 aromatic rings. The molecule has 0 saturated carbocycles. The van der Waals surface area contributed by atoms with Crippen molar-refractivity contribution >= 4 is 11.9 Å². The second kappa shape index (κ2) is 7.05. The van der Waals surface area contributed by atoms with E-state index in [4.69, 9.17) is 14.5 Å². The first-order valence-electron chi connectivity index (χ1n) is 9.50. The number of nitrogens with zero attached hydrogens (tertiary/aromatic N) is 4. The second-order valence-electron chi connectivity index (χ2n) is 7.81. The van der Waals surface area contributed by atoms with Crippen LogP contribution in [0.25, 0.3) is 0 Å².